The zero-order chi connectivity index (χ0) is 13.7. The molecule has 1 amide bonds. The van der Waals surface area contributed by atoms with Crippen LogP contribution in [0.15, 0.2) is 24.3 Å². The third kappa shape index (κ3) is 4.39. The van der Waals surface area contributed by atoms with Crippen LogP contribution in [0.1, 0.15) is 12.5 Å². The number of primary amides is 1. The van der Waals surface area contributed by atoms with E-state index in [1.54, 1.807) is 18.2 Å². The number of benzene rings is 1. The Morgan fingerprint density at radius 2 is 2.00 bits per heavy atom. The quantitative estimate of drug-likeness (QED) is 0.683. The van der Waals surface area contributed by atoms with Crippen molar-refractivity contribution in [1.29, 1.82) is 0 Å². The summed E-state index contributed by atoms with van der Waals surface area (Å²) in [6, 6.07) is 4.90. The Kier molecular flexibility index (Phi) is 5.19. The molecule has 0 unspecified atom stereocenters. The summed E-state index contributed by atoms with van der Waals surface area (Å²) in [4.78, 5) is 22.0. The zero-order valence-corrected chi connectivity index (χ0v) is 11.0. The van der Waals surface area contributed by atoms with Gasteiger partial charge in [-0.15, -0.1) is 0 Å². The number of hydrogen-bond acceptors (Lipinski definition) is 3. The SMILES string of the molecule is C[C@H](OC(=O)/C=C/c1ccc(Cl)c(Cl)c1)C(N)=O. The van der Waals surface area contributed by atoms with Crippen LogP contribution < -0.4 is 5.73 Å². The zero-order valence-electron chi connectivity index (χ0n) is 9.52. The van der Waals surface area contributed by atoms with Crippen LogP contribution in [-0.2, 0) is 14.3 Å². The van der Waals surface area contributed by atoms with Gasteiger partial charge in [0, 0.05) is 6.08 Å². The van der Waals surface area contributed by atoms with Crippen molar-refractivity contribution in [3.05, 3.63) is 39.9 Å². The first-order valence-corrected chi connectivity index (χ1v) is 5.79. The third-order valence-electron chi connectivity index (χ3n) is 2.05. The normalized spacial score (nSPS) is 12.4. The lowest BCUT2D eigenvalue weighted by atomic mass is 10.2. The van der Waals surface area contributed by atoms with Crippen molar-refractivity contribution >= 4 is 41.2 Å². The summed E-state index contributed by atoms with van der Waals surface area (Å²) in [5.41, 5.74) is 5.64. The molecule has 1 atom stereocenters. The molecule has 0 saturated carbocycles. The summed E-state index contributed by atoms with van der Waals surface area (Å²) in [7, 11) is 0. The highest BCUT2D eigenvalue weighted by molar-refractivity contribution is 6.42. The van der Waals surface area contributed by atoms with Crippen molar-refractivity contribution < 1.29 is 14.3 Å². The van der Waals surface area contributed by atoms with E-state index in [-0.39, 0.29) is 0 Å². The molecular formula is C12H11Cl2NO3. The van der Waals surface area contributed by atoms with Gasteiger partial charge >= 0.3 is 5.97 Å². The number of ether oxygens (including phenoxy) is 1. The predicted molar refractivity (Wildman–Crippen MR) is 70.2 cm³/mol. The van der Waals surface area contributed by atoms with Gasteiger partial charge in [0.1, 0.15) is 0 Å². The molecule has 18 heavy (non-hydrogen) atoms. The maximum absolute atomic E-state index is 11.3. The van der Waals surface area contributed by atoms with Crippen molar-refractivity contribution in [2.75, 3.05) is 0 Å². The molecule has 0 aliphatic carbocycles. The molecule has 6 heteroatoms. The fourth-order valence-electron chi connectivity index (χ4n) is 1.05. The second-order valence-electron chi connectivity index (χ2n) is 3.49. The molecule has 1 rings (SSSR count). The molecule has 0 bridgehead atoms. The van der Waals surface area contributed by atoms with Gasteiger partial charge in [0.15, 0.2) is 6.10 Å². The smallest absolute Gasteiger partial charge is 0.331 e. The topological polar surface area (TPSA) is 69.4 Å². The molecule has 96 valence electrons. The maximum Gasteiger partial charge on any atom is 0.331 e. The number of amides is 1. The van der Waals surface area contributed by atoms with E-state index in [4.69, 9.17) is 33.7 Å². The summed E-state index contributed by atoms with van der Waals surface area (Å²) >= 11 is 11.6. The summed E-state index contributed by atoms with van der Waals surface area (Å²) in [5, 5.41) is 0.816. The molecule has 0 heterocycles. The number of rotatable bonds is 4. The van der Waals surface area contributed by atoms with Gasteiger partial charge in [-0.1, -0.05) is 29.3 Å². The highest BCUT2D eigenvalue weighted by Crippen LogP contribution is 2.23. The fourth-order valence-corrected chi connectivity index (χ4v) is 1.36. The predicted octanol–water partition coefficient (Wildman–Crippen LogP) is 2.42. The van der Waals surface area contributed by atoms with Crippen LogP contribution >= 0.6 is 23.2 Å². The van der Waals surface area contributed by atoms with Crippen molar-refractivity contribution in [3.63, 3.8) is 0 Å². The van der Waals surface area contributed by atoms with Crippen LogP contribution in [0.2, 0.25) is 10.0 Å². The van der Waals surface area contributed by atoms with Gasteiger partial charge in [-0.3, -0.25) is 4.79 Å². The summed E-state index contributed by atoms with van der Waals surface area (Å²) < 4.78 is 4.73. The lowest BCUT2D eigenvalue weighted by Crippen LogP contribution is -2.29. The van der Waals surface area contributed by atoms with Crippen molar-refractivity contribution in [1.82, 2.24) is 0 Å². The number of esters is 1. The largest absolute Gasteiger partial charge is 0.449 e. The Morgan fingerprint density at radius 1 is 1.33 bits per heavy atom. The van der Waals surface area contributed by atoms with E-state index in [2.05, 4.69) is 0 Å². The van der Waals surface area contributed by atoms with Crippen LogP contribution in [-0.4, -0.2) is 18.0 Å². The fraction of sp³-hybridized carbons (Fsp3) is 0.167. The van der Waals surface area contributed by atoms with E-state index in [0.717, 1.165) is 0 Å². The van der Waals surface area contributed by atoms with Crippen LogP contribution in [0.3, 0.4) is 0 Å². The summed E-state index contributed by atoms with van der Waals surface area (Å²) in [5.74, 6) is -1.36. The highest BCUT2D eigenvalue weighted by Gasteiger charge is 2.11. The molecule has 0 saturated heterocycles. The first-order chi connectivity index (χ1) is 8.40. The molecule has 0 fully saturated rings. The van der Waals surface area contributed by atoms with Crippen molar-refractivity contribution in [2.24, 2.45) is 5.73 Å². The molecule has 0 aromatic heterocycles. The van der Waals surface area contributed by atoms with E-state index in [0.29, 0.717) is 15.6 Å². The number of halogens is 2. The first kappa shape index (κ1) is 14.5. The number of carbonyl (C=O) groups is 2. The standard InChI is InChI=1S/C12H11Cl2NO3/c1-7(12(15)17)18-11(16)5-3-8-2-4-9(13)10(14)6-8/h2-7H,1H3,(H2,15,17)/b5-3+/t7-/m0/s1. The van der Waals surface area contributed by atoms with Crippen LogP contribution in [0.25, 0.3) is 6.08 Å². The van der Waals surface area contributed by atoms with E-state index in [1.165, 1.54) is 19.1 Å². The lowest BCUT2D eigenvalue weighted by Gasteiger charge is -2.06. The minimum atomic E-state index is -0.962. The number of nitrogens with two attached hydrogens (primary N) is 1. The molecular weight excluding hydrogens is 277 g/mol. The maximum atomic E-state index is 11.3. The van der Waals surface area contributed by atoms with Gasteiger partial charge in [0.2, 0.25) is 0 Å². The number of carbonyl (C=O) groups excluding carboxylic acids is 2. The molecule has 0 aliphatic rings. The monoisotopic (exact) mass is 287 g/mol. The van der Waals surface area contributed by atoms with E-state index < -0.39 is 18.0 Å². The Labute approximate surface area is 114 Å². The lowest BCUT2D eigenvalue weighted by molar-refractivity contribution is -0.148. The highest BCUT2D eigenvalue weighted by atomic mass is 35.5. The van der Waals surface area contributed by atoms with Gasteiger partial charge in [-0.05, 0) is 30.7 Å². The third-order valence-corrected chi connectivity index (χ3v) is 2.79. The molecule has 0 spiro atoms. The second kappa shape index (κ2) is 6.42. The molecule has 4 nitrogen and oxygen atoms in total. The number of hydrogen-bond donors (Lipinski definition) is 1. The van der Waals surface area contributed by atoms with Crippen LogP contribution in [0.4, 0.5) is 0 Å². The molecule has 1 aromatic carbocycles. The Hall–Kier alpha value is -1.52. The minimum absolute atomic E-state index is 0.387. The average molecular weight is 288 g/mol. The van der Waals surface area contributed by atoms with E-state index in [9.17, 15) is 9.59 Å². The van der Waals surface area contributed by atoms with Gasteiger partial charge < -0.3 is 10.5 Å². The second-order valence-corrected chi connectivity index (χ2v) is 4.30. The summed E-state index contributed by atoms with van der Waals surface area (Å²) in [6.07, 6.45) is 1.72. The molecule has 1 aromatic rings. The van der Waals surface area contributed by atoms with Gasteiger partial charge in [-0.25, -0.2) is 4.79 Å². The first-order valence-electron chi connectivity index (χ1n) is 5.03. The Bertz CT molecular complexity index is 500. The van der Waals surface area contributed by atoms with Crippen LogP contribution in [0.5, 0.6) is 0 Å². The summed E-state index contributed by atoms with van der Waals surface area (Å²) in [6.45, 7) is 1.40. The minimum Gasteiger partial charge on any atom is -0.449 e. The van der Waals surface area contributed by atoms with Gasteiger partial charge in [0.05, 0.1) is 10.0 Å². The average Bonchev–Trinajstić information content (AvgIpc) is 2.30. The Balaban J connectivity index is 2.66. The Morgan fingerprint density at radius 3 is 2.56 bits per heavy atom. The van der Waals surface area contributed by atoms with Gasteiger partial charge in [0.25, 0.3) is 5.91 Å². The van der Waals surface area contributed by atoms with Gasteiger partial charge in [-0.2, -0.15) is 0 Å². The van der Waals surface area contributed by atoms with E-state index in [1.807, 2.05) is 0 Å². The molecule has 0 aliphatic heterocycles. The molecule has 0 radical (unpaired) electrons. The van der Waals surface area contributed by atoms with Crippen molar-refractivity contribution in [3.8, 4) is 0 Å². The van der Waals surface area contributed by atoms with Crippen LogP contribution in [0, 0.1) is 0 Å². The van der Waals surface area contributed by atoms with E-state index >= 15 is 0 Å². The molecule has 2 N–H and O–H groups in total. The van der Waals surface area contributed by atoms with Crippen molar-refractivity contribution in [2.45, 2.75) is 13.0 Å².